The Morgan fingerprint density at radius 2 is 2.12 bits per heavy atom. The number of alkyl halides is 3. The van der Waals surface area contributed by atoms with Crippen molar-refractivity contribution in [3.63, 3.8) is 0 Å². The summed E-state index contributed by atoms with van der Waals surface area (Å²) in [6.45, 7) is 0. The van der Waals surface area contributed by atoms with E-state index in [2.05, 4.69) is 30.5 Å². The fourth-order valence-corrected chi connectivity index (χ4v) is 1.02. The van der Waals surface area contributed by atoms with E-state index in [-0.39, 0.29) is 5.75 Å². The Morgan fingerprint density at radius 3 is 2.69 bits per heavy atom. The van der Waals surface area contributed by atoms with Crippen LogP contribution in [0, 0.1) is 0 Å². The average Bonchev–Trinajstić information content (AvgIpc) is 2.14. The van der Waals surface area contributed by atoms with Crippen LogP contribution in [0.1, 0.15) is 0 Å². The first kappa shape index (κ1) is 12.7. The van der Waals surface area contributed by atoms with E-state index in [1.54, 1.807) is 0 Å². The lowest BCUT2D eigenvalue weighted by Gasteiger charge is -2.08. The molecule has 1 aromatic heterocycles. The smallest absolute Gasteiger partial charge is 0.407 e. The Bertz CT molecular complexity index is 385. The van der Waals surface area contributed by atoms with Gasteiger partial charge in [0.25, 0.3) is 0 Å². The van der Waals surface area contributed by atoms with Crippen LogP contribution >= 0.6 is 15.9 Å². The Morgan fingerprint density at radius 1 is 1.44 bits per heavy atom. The van der Waals surface area contributed by atoms with Crippen molar-refractivity contribution in [2.24, 2.45) is 0 Å². The van der Waals surface area contributed by atoms with Crippen molar-refractivity contribution < 1.29 is 27.5 Å². The third-order valence-corrected chi connectivity index (χ3v) is 1.57. The van der Waals surface area contributed by atoms with Gasteiger partial charge in [-0.25, -0.2) is 4.79 Å². The number of hydrogen-bond acceptors (Lipinski definition) is 4. The second-order valence-electron chi connectivity index (χ2n) is 2.38. The lowest BCUT2D eigenvalue weighted by atomic mass is 10.5. The number of nitrogens with zero attached hydrogens (tertiary/aromatic N) is 1. The minimum atomic E-state index is -4.96. The van der Waals surface area contributed by atoms with E-state index in [9.17, 15) is 18.0 Å². The van der Waals surface area contributed by atoms with Gasteiger partial charge in [0, 0.05) is 10.7 Å². The van der Waals surface area contributed by atoms with Crippen molar-refractivity contribution in [3.8, 4) is 5.75 Å². The molecule has 9 heteroatoms. The summed E-state index contributed by atoms with van der Waals surface area (Å²) in [5.74, 6) is -0.0300. The van der Waals surface area contributed by atoms with Crippen LogP contribution in [0.15, 0.2) is 22.9 Å². The number of aromatic nitrogens is 1. The summed E-state index contributed by atoms with van der Waals surface area (Å²) in [4.78, 5) is 17.4. The van der Waals surface area contributed by atoms with Gasteiger partial charge in [-0.3, -0.25) is 4.98 Å². The fraction of sp³-hybridized carbons (Fsp3) is 0.143. The molecule has 0 aliphatic heterocycles. The van der Waals surface area contributed by atoms with E-state index in [0.717, 1.165) is 11.7 Å². The molecule has 88 valence electrons. The summed E-state index contributed by atoms with van der Waals surface area (Å²) >= 11 is 3.04. The molecule has 1 heterocycles. The van der Waals surface area contributed by atoms with Crippen LogP contribution in [-0.4, -0.2) is 17.4 Å². The van der Waals surface area contributed by atoms with Gasteiger partial charge in [-0.2, -0.15) is 10.3 Å². The summed E-state index contributed by atoms with van der Waals surface area (Å²) in [5.41, 5.74) is 1.06. The van der Waals surface area contributed by atoms with Crippen molar-refractivity contribution >= 4 is 22.0 Å². The van der Waals surface area contributed by atoms with Gasteiger partial charge in [-0.05, 0) is 22.0 Å². The Kier molecular flexibility index (Phi) is 4.07. The van der Waals surface area contributed by atoms with Gasteiger partial charge in [-0.1, -0.05) is 0 Å². The quantitative estimate of drug-likeness (QED) is 0.852. The highest BCUT2D eigenvalue weighted by Gasteiger charge is 2.31. The SMILES string of the molecule is O=C(NOC(F)(F)F)Oc1cncc(Br)c1. The third-order valence-electron chi connectivity index (χ3n) is 1.14. The average molecular weight is 301 g/mol. The number of amides is 1. The topological polar surface area (TPSA) is 60.5 Å². The summed E-state index contributed by atoms with van der Waals surface area (Å²) in [7, 11) is 0. The van der Waals surface area contributed by atoms with Crippen LogP contribution in [0.4, 0.5) is 18.0 Å². The molecule has 0 radical (unpaired) electrons. The molecule has 1 amide bonds. The molecule has 0 aromatic carbocycles. The summed E-state index contributed by atoms with van der Waals surface area (Å²) in [6.07, 6.45) is -3.80. The van der Waals surface area contributed by atoms with Crippen LogP contribution in [-0.2, 0) is 4.84 Å². The van der Waals surface area contributed by atoms with Crippen LogP contribution < -0.4 is 10.2 Å². The number of hydrogen-bond donors (Lipinski definition) is 1. The third kappa shape index (κ3) is 4.94. The molecule has 0 aliphatic rings. The maximum absolute atomic E-state index is 11.5. The largest absolute Gasteiger partial charge is 0.543 e. The van der Waals surface area contributed by atoms with E-state index in [1.165, 1.54) is 12.3 Å². The number of nitrogens with one attached hydrogen (secondary N) is 1. The van der Waals surface area contributed by atoms with E-state index < -0.39 is 12.5 Å². The lowest BCUT2D eigenvalue weighted by Crippen LogP contribution is -2.33. The highest BCUT2D eigenvalue weighted by molar-refractivity contribution is 9.10. The molecule has 0 atom stereocenters. The van der Waals surface area contributed by atoms with E-state index in [0.29, 0.717) is 4.47 Å². The van der Waals surface area contributed by atoms with Crippen LogP contribution in [0.25, 0.3) is 0 Å². The van der Waals surface area contributed by atoms with Gasteiger partial charge in [0.05, 0.1) is 6.20 Å². The molecule has 0 fully saturated rings. The number of halogens is 4. The van der Waals surface area contributed by atoms with E-state index in [1.807, 2.05) is 0 Å². The zero-order valence-electron chi connectivity index (χ0n) is 7.42. The monoisotopic (exact) mass is 300 g/mol. The van der Waals surface area contributed by atoms with Gasteiger partial charge >= 0.3 is 12.5 Å². The van der Waals surface area contributed by atoms with Gasteiger partial charge in [0.15, 0.2) is 5.75 Å². The Balaban J connectivity index is 2.46. The van der Waals surface area contributed by atoms with Crippen molar-refractivity contribution in [1.82, 2.24) is 10.5 Å². The maximum atomic E-state index is 11.5. The minimum Gasteiger partial charge on any atom is -0.407 e. The van der Waals surface area contributed by atoms with Crippen molar-refractivity contribution in [2.75, 3.05) is 0 Å². The highest BCUT2D eigenvalue weighted by atomic mass is 79.9. The predicted octanol–water partition coefficient (Wildman–Crippen LogP) is 2.38. The molecule has 0 saturated heterocycles. The van der Waals surface area contributed by atoms with Gasteiger partial charge in [0.2, 0.25) is 0 Å². The molecule has 16 heavy (non-hydrogen) atoms. The number of hydroxylamine groups is 1. The van der Waals surface area contributed by atoms with Gasteiger partial charge in [0.1, 0.15) is 0 Å². The first-order valence-electron chi connectivity index (χ1n) is 3.70. The molecule has 5 nitrogen and oxygen atoms in total. The number of ether oxygens (including phenoxy) is 1. The molecule has 0 unspecified atom stereocenters. The molecule has 0 saturated carbocycles. The number of rotatable bonds is 2. The van der Waals surface area contributed by atoms with Crippen LogP contribution in [0.2, 0.25) is 0 Å². The first-order valence-corrected chi connectivity index (χ1v) is 4.49. The van der Waals surface area contributed by atoms with E-state index >= 15 is 0 Å². The second kappa shape index (κ2) is 5.12. The van der Waals surface area contributed by atoms with Crippen LogP contribution in [0.3, 0.4) is 0 Å². The maximum Gasteiger partial charge on any atom is 0.543 e. The van der Waals surface area contributed by atoms with E-state index in [4.69, 9.17) is 0 Å². The molecule has 1 N–H and O–H groups in total. The normalized spacial score (nSPS) is 11.0. The molecular weight excluding hydrogens is 297 g/mol. The van der Waals surface area contributed by atoms with Gasteiger partial charge < -0.3 is 4.74 Å². The summed E-state index contributed by atoms with van der Waals surface area (Å²) < 4.78 is 39.5. The summed E-state index contributed by atoms with van der Waals surface area (Å²) in [5, 5.41) is 0. The number of pyridine rings is 1. The zero-order chi connectivity index (χ0) is 12.2. The Hall–Kier alpha value is -1.35. The zero-order valence-corrected chi connectivity index (χ0v) is 9.00. The molecule has 0 bridgehead atoms. The van der Waals surface area contributed by atoms with Crippen molar-refractivity contribution in [2.45, 2.75) is 6.36 Å². The molecule has 1 aromatic rings. The molecular formula is C7H4BrF3N2O3. The minimum absolute atomic E-state index is 0.0300. The van der Waals surface area contributed by atoms with Crippen LogP contribution in [0.5, 0.6) is 5.75 Å². The predicted molar refractivity (Wildman–Crippen MR) is 48.2 cm³/mol. The van der Waals surface area contributed by atoms with Gasteiger partial charge in [-0.15, -0.1) is 13.2 Å². The number of carbonyl (C=O) groups is 1. The molecule has 0 aliphatic carbocycles. The highest BCUT2D eigenvalue weighted by Crippen LogP contribution is 2.17. The standard InChI is InChI=1S/C7H4BrF3N2O3/c8-4-1-5(3-12-2-4)15-6(14)13-16-7(9,10)11/h1-3H,(H,13,14). The lowest BCUT2D eigenvalue weighted by molar-refractivity contribution is -0.344. The number of carbonyl (C=O) groups excluding carboxylic acids is 1. The molecule has 0 spiro atoms. The molecule has 1 rings (SSSR count). The second-order valence-corrected chi connectivity index (χ2v) is 3.29. The first-order chi connectivity index (χ1) is 7.37. The fourth-order valence-electron chi connectivity index (χ4n) is 0.676. The van der Waals surface area contributed by atoms with Crippen molar-refractivity contribution in [1.29, 1.82) is 0 Å². The summed E-state index contributed by atoms with van der Waals surface area (Å²) in [6, 6.07) is 1.35. The van der Waals surface area contributed by atoms with Crippen molar-refractivity contribution in [3.05, 3.63) is 22.9 Å². The Labute approximate surface area is 95.6 Å².